The topological polar surface area (TPSA) is 49.9 Å². The van der Waals surface area contributed by atoms with Crippen LogP contribution in [0.2, 0.25) is 0 Å². The van der Waals surface area contributed by atoms with E-state index >= 15 is 0 Å². The molecule has 2 N–H and O–H groups in total. The largest absolute Gasteiger partial charge is 1.00 e. The maximum atomic E-state index is 9.19. The van der Waals surface area contributed by atoms with Crippen molar-refractivity contribution < 1.29 is 22.5 Å². The molecule has 2 rings (SSSR count). The molecule has 0 spiro atoms. The molecule has 100 valence electrons. The number of para-hydroxylation sites is 1. The second-order valence-corrected chi connectivity index (χ2v) is 4.05. The van der Waals surface area contributed by atoms with Crippen molar-refractivity contribution in [3.63, 3.8) is 0 Å². The zero-order valence-electron chi connectivity index (χ0n) is 10.8. The molecule has 0 aliphatic carbocycles. The maximum absolute atomic E-state index is 9.19. The summed E-state index contributed by atoms with van der Waals surface area (Å²) in [7, 11) is 1.97. The van der Waals surface area contributed by atoms with Gasteiger partial charge in [0.2, 0.25) is 0 Å². The number of aromatic nitrogens is 1. The second kappa shape index (κ2) is 6.87. The first kappa shape index (κ1) is 15.1. The highest BCUT2D eigenvalue weighted by Gasteiger charge is 2.07. The Balaban J connectivity index is 0.00000180. The number of quaternary nitrogens is 1. The zero-order chi connectivity index (χ0) is 13.0. The summed E-state index contributed by atoms with van der Waals surface area (Å²) < 4.78 is 0. The summed E-state index contributed by atoms with van der Waals surface area (Å²) >= 11 is 0. The standard InChI is InChI=1S/C14H15N3O.ClH/c1-11(14-9-8-13(18)10-15-14)16-17(2)12-6-4-3-5-7-12;/h3-10,18H,1-2H3;1H. The molecule has 1 aromatic carbocycles. The van der Waals surface area contributed by atoms with Gasteiger partial charge in [0.1, 0.15) is 11.5 Å². The molecule has 0 bridgehead atoms. The van der Waals surface area contributed by atoms with Gasteiger partial charge in [-0.25, -0.2) is 0 Å². The third-order valence-corrected chi connectivity index (χ3v) is 2.65. The van der Waals surface area contributed by atoms with Crippen LogP contribution in [-0.2, 0) is 0 Å². The van der Waals surface area contributed by atoms with Gasteiger partial charge in [0.05, 0.1) is 18.9 Å². The number of aromatic hydroxyl groups is 1. The normalized spacial score (nSPS) is 12.6. The molecule has 1 unspecified atom stereocenters. The molecule has 4 nitrogen and oxygen atoms in total. The predicted octanol–water partition coefficient (Wildman–Crippen LogP) is -1.64. The lowest BCUT2D eigenvalue weighted by Crippen LogP contribution is -3.00. The molecule has 2 aromatic rings. The molecule has 1 atom stereocenters. The third-order valence-electron chi connectivity index (χ3n) is 2.65. The van der Waals surface area contributed by atoms with Gasteiger partial charge < -0.3 is 17.5 Å². The molecular formula is C14H16ClN3O. The number of hydrogen-bond acceptors (Lipinski definition) is 3. The number of nitrogens with zero attached hydrogens (tertiary/aromatic N) is 2. The number of hydrogen-bond donors (Lipinski definition) is 2. The van der Waals surface area contributed by atoms with Gasteiger partial charge in [-0.2, -0.15) is 5.01 Å². The van der Waals surface area contributed by atoms with Crippen molar-refractivity contribution in [2.45, 2.75) is 6.92 Å². The Morgan fingerprint density at radius 2 is 1.84 bits per heavy atom. The number of nitrogens with one attached hydrogen (secondary N) is 1. The molecule has 0 fully saturated rings. The molecule has 1 aromatic heterocycles. The van der Waals surface area contributed by atoms with Gasteiger partial charge in [0, 0.05) is 12.1 Å². The van der Waals surface area contributed by atoms with Crippen LogP contribution in [0.15, 0.2) is 53.8 Å². The van der Waals surface area contributed by atoms with Gasteiger partial charge in [-0.3, -0.25) is 4.98 Å². The molecule has 0 radical (unpaired) electrons. The molecule has 0 amide bonds. The first-order valence-electron chi connectivity index (χ1n) is 5.76. The summed E-state index contributed by atoms with van der Waals surface area (Å²) in [6.07, 6.45) is 1.42. The van der Waals surface area contributed by atoms with E-state index in [1.807, 2.05) is 44.3 Å². The van der Waals surface area contributed by atoms with Gasteiger partial charge in [-0.15, -0.1) is 0 Å². The first-order chi connectivity index (χ1) is 8.66. The second-order valence-electron chi connectivity index (χ2n) is 4.05. The van der Waals surface area contributed by atoms with Gasteiger partial charge in [-0.05, 0) is 19.1 Å². The van der Waals surface area contributed by atoms with Gasteiger partial charge in [-0.1, -0.05) is 23.3 Å². The smallest absolute Gasteiger partial charge is 0.157 e. The predicted molar refractivity (Wildman–Crippen MR) is 71.1 cm³/mol. The van der Waals surface area contributed by atoms with Crippen LogP contribution in [0.5, 0.6) is 5.75 Å². The van der Waals surface area contributed by atoms with Crippen molar-refractivity contribution in [2.24, 2.45) is 5.10 Å². The average molecular weight is 278 g/mol. The highest BCUT2D eigenvalue weighted by Crippen LogP contribution is 2.06. The third kappa shape index (κ3) is 4.05. The van der Waals surface area contributed by atoms with Crippen LogP contribution in [0.25, 0.3) is 0 Å². The molecule has 0 aliphatic rings. The average Bonchev–Trinajstić information content (AvgIpc) is 2.40. The monoisotopic (exact) mass is 277 g/mol. The fourth-order valence-electron chi connectivity index (χ4n) is 1.65. The Kier molecular flexibility index (Phi) is 5.48. The van der Waals surface area contributed by atoms with E-state index in [1.165, 1.54) is 6.20 Å². The van der Waals surface area contributed by atoms with E-state index in [1.54, 1.807) is 12.1 Å². The highest BCUT2D eigenvalue weighted by molar-refractivity contribution is 5.96. The zero-order valence-corrected chi connectivity index (χ0v) is 11.6. The number of rotatable bonds is 3. The molecule has 1 heterocycles. The summed E-state index contributed by atoms with van der Waals surface area (Å²) in [5, 5.41) is 14.7. The number of halogens is 1. The Morgan fingerprint density at radius 1 is 1.16 bits per heavy atom. The summed E-state index contributed by atoms with van der Waals surface area (Å²) in [5.74, 6) is 0.162. The first-order valence-corrected chi connectivity index (χ1v) is 5.76. The Bertz CT molecular complexity index is 540. The minimum atomic E-state index is 0. The van der Waals surface area contributed by atoms with E-state index in [4.69, 9.17) is 0 Å². The fraction of sp³-hybridized carbons (Fsp3) is 0.143. The Morgan fingerprint density at radius 3 is 2.42 bits per heavy atom. The van der Waals surface area contributed by atoms with Gasteiger partial charge >= 0.3 is 0 Å². The lowest BCUT2D eigenvalue weighted by molar-refractivity contribution is -0.817. The van der Waals surface area contributed by atoms with Crippen molar-refractivity contribution >= 4 is 11.4 Å². The molecule has 0 saturated heterocycles. The molecule has 0 aliphatic heterocycles. The van der Waals surface area contributed by atoms with E-state index in [-0.39, 0.29) is 18.2 Å². The van der Waals surface area contributed by atoms with Crippen molar-refractivity contribution in [1.82, 2.24) is 4.98 Å². The summed E-state index contributed by atoms with van der Waals surface area (Å²) in [4.78, 5) is 4.13. The fourth-order valence-corrected chi connectivity index (χ4v) is 1.65. The minimum absolute atomic E-state index is 0. The quantitative estimate of drug-likeness (QED) is 0.522. The summed E-state index contributed by atoms with van der Waals surface area (Å²) in [6, 6.07) is 13.4. The van der Waals surface area contributed by atoms with Crippen LogP contribution in [0, 0.1) is 0 Å². The van der Waals surface area contributed by atoms with Crippen LogP contribution < -0.4 is 17.4 Å². The number of benzene rings is 1. The van der Waals surface area contributed by atoms with Crippen LogP contribution in [0.4, 0.5) is 5.69 Å². The summed E-state index contributed by atoms with van der Waals surface area (Å²) in [6.45, 7) is 1.91. The summed E-state index contributed by atoms with van der Waals surface area (Å²) in [5.41, 5.74) is 2.69. The van der Waals surface area contributed by atoms with Crippen LogP contribution in [0.1, 0.15) is 12.6 Å². The van der Waals surface area contributed by atoms with Crippen molar-refractivity contribution in [1.29, 1.82) is 0 Å². The molecule has 5 heteroatoms. The van der Waals surface area contributed by atoms with Crippen LogP contribution >= 0.6 is 0 Å². The van der Waals surface area contributed by atoms with Crippen molar-refractivity contribution in [3.8, 4) is 5.75 Å². The molecule has 19 heavy (non-hydrogen) atoms. The van der Waals surface area contributed by atoms with E-state index in [0.717, 1.165) is 22.1 Å². The van der Waals surface area contributed by atoms with Crippen molar-refractivity contribution in [2.75, 3.05) is 7.05 Å². The van der Waals surface area contributed by atoms with Gasteiger partial charge in [0.25, 0.3) is 0 Å². The maximum Gasteiger partial charge on any atom is 0.157 e. The van der Waals surface area contributed by atoms with Gasteiger partial charge in [0.15, 0.2) is 5.69 Å². The van der Waals surface area contributed by atoms with Crippen LogP contribution in [0.3, 0.4) is 0 Å². The minimum Gasteiger partial charge on any atom is -1.00 e. The van der Waals surface area contributed by atoms with E-state index in [9.17, 15) is 5.11 Å². The Hall–Kier alpha value is -1.91. The van der Waals surface area contributed by atoms with E-state index in [2.05, 4.69) is 10.1 Å². The lowest BCUT2D eigenvalue weighted by atomic mass is 10.2. The number of pyridine rings is 1. The van der Waals surface area contributed by atoms with E-state index in [0.29, 0.717) is 0 Å². The highest BCUT2D eigenvalue weighted by atomic mass is 35.5. The SMILES string of the molecule is CC(=N[NH+](C)c1ccccc1)c1ccc(O)cn1.[Cl-]. The molecule has 0 saturated carbocycles. The molecular weight excluding hydrogens is 262 g/mol. The Labute approximate surface area is 118 Å². The van der Waals surface area contributed by atoms with Crippen molar-refractivity contribution in [3.05, 3.63) is 54.4 Å². The lowest BCUT2D eigenvalue weighted by Gasteiger charge is -2.07. The van der Waals surface area contributed by atoms with Crippen LogP contribution in [-0.4, -0.2) is 22.8 Å². The van der Waals surface area contributed by atoms with E-state index < -0.39 is 0 Å².